The van der Waals surface area contributed by atoms with Crippen molar-refractivity contribution in [2.24, 2.45) is 0 Å². The maximum Gasteiger partial charge on any atom is 0.349 e. The van der Waals surface area contributed by atoms with E-state index in [1.54, 1.807) is 30.3 Å². The van der Waals surface area contributed by atoms with Gasteiger partial charge in [-0.3, -0.25) is 20.4 Å². The molecule has 8 heteroatoms. The molecule has 0 fully saturated rings. The van der Waals surface area contributed by atoms with E-state index in [-0.39, 0.29) is 11.1 Å². The molecular weight excluding hydrogens is 352 g/mol. The molecule has 8 nitrogen and oxygen atoms in total. The van der Waals surface area contributed by atoms with Crippen LogP contribution < -0.4 is 26.0 Å². The molecule has 1 heterocycles. The minimum absolute atomic E-state index is 0.240. The van der Waals surface area contributed by atoms with Crippen LogP contribution in [0.2, 0.25) is 0 Å². The van der Waals surface area contributed by atoms with E-state index in [0.717, 1.165) is 0 Å². The average molecular weight is 368 g/mol. The molecule has 0 saturated carbocycles. The van der Waals surface area contributed by atoms with Gasteiger partial charge in [-0.05, 0) is 36.4 Å². The van der Waals surface area contributed by atoms with Crippen LogP contribution in [0, 0.1) is 0 Å². The van der Waals surface area contributed by atoms with E-state index in [2.05, 4.69) is 10.9 Å². The Balaban J connectivity index is 1.76. The highest BCUT2D eigenvalue weighted by molar-refractivity contribution is 6.00. The van der Waals surface area contributed by atoms with Crippen molar-refractivity contribution in [3.8, 4) is 11.5 Å². The zero-order valence-corrected chi connectivity index (χ0v) is 14.6. The lowest BCUT2D eigenvalue weighted by Gasteiger charge is -2.08. The topological polar surface area (TPSA) is 107 Å². The molecule has 2 aromatic carbocycles. The first-order valence-corrected chi connectivity index (χ1v) is 7.89. The van der Waals surface area contributed by atoms with E-state index >= 15 is 0 Å². The van der Waals surface area contributed by atoms with Gasteiger partial charge in [-0.1, -0.05) is 12.1 Å². The molecule has 0 aliphatic heterocycles. The van der Waals surface area contributed by atoms with E-state index in [9.17, 15) is 14.4 Å². The lowest BCUT2D eigenvalue weighted by Crippen LogP contribution is -2.43. The van der Waals surface area contributed by atoms with Crippen LogP contribution in [0.5, 0.6) is 11.5 Å². The molecule has 3 rings (SSSR count). The van der Waals surface area contributed by atoms with Crippen molar-refractivity contribution in [1.82, 2.24) is 10.9 Å². The number of benzene rings is 2. The first kappa shape index (κ1) is 18.0. The van der Waals surface area contributed by atoms with Crippen molar-refractivity contribution in [3.05, 3.63) is 70.1 Å². The van der Waals surface area contributed by atoms with Gasteiger partial charge < -0.3 is 13.9 Å². The summed E-state index contributed by atoms with van der Waals surface area (Å²) in [5.41, 5.74) is 3.91. The molecule has 27 heavy (non-hydrogen) atoms. The number of hydrogen-bond acceptors (Lipinski definition) is 6. The largest absolute Gasteiger partial charge is 0.497 e. The predicted molar refractivity (Wildman–Crippen MR) is 97.0 cm³/mol. The molecule has 2 N–H and O–H groups in total. The first-order chi connectivity index (χ1) is 13.0. The standard InChI is InChI=1S/C19H16N2O6/c1-25-13-8-6-11(7-9-13)17(22)20-21-18(23)14-10-12-4-3-5-15(26-2)16(12)27-19(14)24/h3-10H,1-2H3,(H,20,22)(H,21,23). The molecule has 0 bridgehead atoms. The highest BCUT2D eigenvalue weighted by atomic mass is 16.5. The van der Waals surface area contributed by atoms with Crippen LogP contribution in [-0.2, 0) is 0 Å². The van der Waals surface area contributed by atoms with Crippen LogP contribution in [0.3, 0.4) is 0 Å². The number of carbonyl (C=O) groups is 2. The van der Waals surface area contributed by atoms with Gasteiger partial charge in [-0.2, -0.15) is 0 Å². The van der Waals surface area contributed by atoms with Crippen LogP contribution >= 0.6 is 0 Å². The number of para-hydroxylation sites is 1. The Hall–Kier alpha value is -3.81. The Morgan fingerprint density at radius 1 is 0.926 bits per heavy atom. The number of hydrogen-bond donors (Lipinski definition) is 2. The second kappa shape index (κ2) is 7.61. The number of amides is 2. The summed E-state index contributed by atoms with van der Waals surface area (Å²) >= 11 is 0. The molecule has 0 unspecified atom stereocenters. The Kier molecular flexibility index (Phi) is 5.07. The van der Waals surface area contributed by atoms with Gasteiger partial charge in [0.2, 0.25) is 0 Å². The van der Waals surface area contributed by atoms with Gasteiger partial charge in [0, 0.05) is 10.9 Å². The summed E-state index contributed by atoms with van der Waals surface area (Å²) in [6.45, 7) is 0. The first-order valence-electron chi connectivity index (χ1n) is 7.89. The molecule has 0 aliphatic carbocycles. The Labute approximate surface area is 153 Å². The summed E-state index contributed by atoms with van der Waals surface area (Å²) in [4.78, 5) is 36.5. The van der Waals surface area contributed by atoms with Gasteiger partial charge in [-0.15, -0.1) is 0 Å². The van der Waals surface area contributed by atoms with E-state index in [1.165, 1.54) is 32.4 Å². The van der Waals surface area contributed by atoms with Gasteiger partial charge in [-0.25, -0.2) is 4.79 Å². The highest BCUT2D eigenvalue weighted by Crippen LogP contribution is 2.24. The molecule has 1 aromatic heterocycles. The predicted octanol–water partition coefficient (Wildman–Crippen LogP) is 1.89. The minimum Gasteiger partial charge on any atom is -0.497 e. The fourth-order valence-electron chi connectivity index (χ4n) is 2.43. The summed E-state index contributed by atoms with van der Waals surface area (Å²) in [5, 5.41) is 0.514. The number of methoxy groups -OCH3 is 2. The second-order valence-electron chi connectivity index (χ2n) is 5.46. The Bertz CT molecular complexity index is 1060. The van der Waals surface area contributed by atoms with Crippen LogP contribution in [0.1, 0.15) is 20.7 Å². The number of carbonyl (C=O) groups excluding carboxylic acids is 2. The molecule has 2 amide bonds. The molecule has 0 atom stereocenters. The number of rotatable bonds is 4. The van der Waals surface area contributed by atoms with Crippen molar-refractivity contribution < 1.29 is 23.5 Å². The normalized spacial score (nSPS) is 10.3. The Morgan fingerprint density at radius 2 is 1.63 bits per heavy atom. The summed E-state index contributed by atoms with van der Waals surface area (Å²) in [7, 11) is 2.96. The SMILES string of the molecule is COc1ccc(C(=O)NNC(=O)c2cc3cccc(OC)c3oc2=O)cc1. The van der Waals surface area contributed by atoms with Gasteiger partial charge in [0.1, 0.15) is 11.3 Å². The lowest BCUT2D eigenvalue weighted by molar-refractivity contribution is 0.0844. The molecular formula is C19H16N2O6. The maximum atomic E-state index is 12.3. The molecule has 138 valence electrons. The highest BCUT2D eigenvalue weighted by Gasteiger charge is 2.16. The second-order valence-corrected chi connectivity index (χ2v) is 5.46. The summed E-state index contributed by atoms with van der Waals surface area (Å²) in [6, 6.07) is 12.7. The van der Waals surface area contributed by atoms with Crippen LogP contribution in [0.25, 0.3) is 11.0 Å². The molecule has 0 radical (unpaired) electrons. The molecule has 3 aromatic rings. The van der Waals surface area contributed by atoms with E-state index in [0.29, 0.717) is 22.4 Å². The fraction of sp³-hybridized carbons (Fsp3) is 0.105. The third-order valence-electron chi connectivity index (χ3n) is 3.83. The quantitative estimate of drug-likeness (QED) is 0.538. The molecule has 0 aliphatic rings. The van der Waals surface area contributed by atoms with Crippen molar-refractivity contribution in [1.29, 1.82) is 0 Å². The van der Waals surface area contributed by atoms with Crippen molar-refractivity contribution in [2.45, 2.75) is 0 Å². The van der Waals surface area contributed by atoms with Crippen molar-refractivity contribution >= 4 is 22.8 Å². The Morgan fingerprint density at radius 3 is 2.30 bits per heavy atom. The van der Waals surface area contributed by atoms with Crippen LogP contribution in [-0.4, -0.2) is 26.0 Å². The fourth-order valence-corrected chi connectivity index (χ4v) is 2.43. The lowest BCUT2D eigenvalue weighted by atomic mass is 10.1. The molecule has 0 spiro atoms. The van der Waals surface area contributed by atoms with Crippen molar-refractivity contribution in [3.63, 3.8) is 0 Å². The van der Waals surface area contributed by atoms with Gasteiger partial charge in [0.25, 0.3) is 11.8 Å². The van der Waals surface area contributed by atoms with E-state index in [1.807, 2.05) is 0 Å². The van der Waals surface area contributed by atoms with E-state index < -0.39 is 17.4 Å². The minimum atomic E-state index is -0.844. The van der Waals surface area contributed by atoms with Gasteiger partial charge in [0.15, 0.2) is 11.3 Å². The van der Waals surface area contributed by atoms with Crippen LogP contribution in [0.4, 0.5) is 0 Å². The number of nitrogens with one attached hydrogen (secondary N) is 2. The summed E-state index contributed by atoms with van der Waals surface area (Å²) in [6.07, 6.45) is 0. The number of ether oxygens (including phenoxy) is 2. The summed E-state index contributed by atoms with van der Waals surface area (Å²) in [5.74, 6) is -0.364. The summed E-state index contributed by atoms with van der Waals surface area (Å²) < 4.78 is 15.3. The number of fused-ring (bicyclic) bond motifs is 1. The van der Waals surface area contributed by atoms with Gasteiger partial charge >= 0.3 is 5.63 Å². The third kappa shape index (κ3) is 3.74. The zero-order valence-electron chi connectivity index (χ0n) is 14.6. The smallest absolute Gasteiger partial charge is 0.349 e. The van der Waals surface area contributed by atoms with Crippen LogP contribution in [0.15, 0.2) is 57.7 Å². The molecule has 0 saturated heterocycles. The third-order valence-corrected chi connectivity index (χ3v) is 3.83. The number of hydrazine groups is 1. The van der Waals surface area contributed by atoms with Gasteiger partial charge in [0.05, 0.1) is 14.2 Å². The van der Waals surface area contributed by atoms with Crippen molar-refractivity contribution in [2.75, 3.05) is 14.2 Å². The van der Waals surface area contributed by atoms with E-state index in [4.69, 9.17) is 13.9 Å². The maximum absolute atomic E-state index is 12.3. The zero-order chi connectivity index (χ0) is 19.4. The average Bonchev–Trinajstić information content (AvgIpc) is 2.70. The monoisotopic (exact) mass is 368 g/mol.